The lowest BCUT2D eigenvalue weighted by atomic mass is 10.0. The molecule has 1 fully saturated rings. The van der Waals surface area contributed by atoms with Gasteiger partial charge >= 0.3 is 0 Å². The third kappa shape index (κ3) is 4.41. The van der Waals surface area contributed by atoms with Crippen molar-refractivity contribution in [2.75, 3.05) is 12.4 Å². The molecule has 4 rings (SSSR count). The van der Waals surface area contributed by atoms with Crippen LogP contribution in [-0.2, 0) is 21.2 Å². The second-order valence-corrected chi connectivity index (χ2v) is 8.83. The molecular weight excluding hydrogens is 388 g/mol. The Balaban J connectivity index is 1.57. The number of fused-ring (bicyclic) bond motifs is 1. The SMILES string of the molecule is COc1ccc(S(=O)(=O)NC2CC2)cc1NC(=O)Cc1cccc2ccccc12. The van der Waals surface area contributed by atoms with Crippen molar-refractivity contribution in [2.45, 2.75) is 30.2 Å². The van der Waals surface area contributed by atoms with E-state index in [0.717, 1.165) is 29.2 Å². The first kappa shape index (κ1) is 19.4. The number of rotatable bonds is 7. The van der Waals surface area contributed by atoms with Crippen molar-refractivity contribution in [1.29, 1.82) is 0 Å². The molecule has 0 aliphatic heterocycles. The van der Waals surface area contributed by atoms with Crippen molar-refractivity contribution >= 4 is 32.4 Å². The first-order chi connectivity index (χ1) is 14.0. The second kappa shape index (κ2) is 7.85. The van der Waals surface area contributed by atoms with Crippen LogP contribution in [0.15, 0.2) is 65.6 Å². The minimum absolute atomic E-state index is 0.00602. The van der Waals surface area contributed by atoms with Crippen LogP contribution in [0.3, 0.4) is 0 Å². The predicted molar refractivity (Wildman–Crippen MR) is 113 cm³/mol. The first-order valence-electron chi connectivity index (χ1n) is 9.43. The standard InChI is InChI=1S/C22H22N2O4S/c1-28-21-12-11-18(29(26,27)24-17-9-10-17)14-20(21)23-22(25)13-16-7-4-6-15-5-2-3-8-19(15)16/h2-8,11-12,14,17,24H,9-10,13H2,1H3,(H,23,25). The Hall–Kier alpha value is -2.90. The van der Waals surface area contributed by atoms with Crippen LogP contribution in [0.1, 0.15) is 18.4 Å². The van der Waals surface area contributed by atoms with Gasteiger partial charge in [-0.1, -0.05) is 42.5 Å². The Morgan fingerprint density at radius 1 is 1.07 bits per heavy atom. The smallest absolute Gasteiger partial charge is 0.240 e. The van der Waals surface area contributed by atoms with E-state index in [1.165, 1.54) is 19.2 Å². The van der Waals surface area contributed by atoms with Crippen LogP contribution in [-0.4, -0.2) is 27.5 Å². The van der Waals surface area contributed by atoms with Crippen LogP contribution in [0.4, 0.5) is 5.69 Å². The number of nitrogens with one attached hydrogen (secondary N) is 2. The molecule has 1 amide bonds. The number of benzene rings is 3. The Labute approximate surface area is 169 Å². The minimum Gasteiger partial charge on any atom is -0.495 e. The number of amides is 1. The molecule has 1 saturated carbocycles. The summed E-state index contributed by atoms with van der Waals surface area (Å²) in [6.07, 6.45) is 1.87. The molecule has 0 aromatic heterocycles. The van der Waals surface area contributed by atoms with Crippen LogP contribution >= 0.6 is 0 Å². The highest BCUT2D eigenvalue weighted by Gasteiger charge is 2.28. The molecule has 150 valence electrons. The van der Waals surface area contributed by atoms with Gasteiger partial charge in [-0.2, -0.15) is 0 Å². The van der Waals surface area contributed by atoms with E-state index in [0.29, 0.717) is 11.4 Å². The van der Waals surface area contributed by atoms with E-state index in [2.05, 4.69) is 10.0 Å². The normalized spacial score (nSPS) is 14.0. The van der Waals surface area contributed by atoms with Gasteiger partial charge in [0.2, 0.25) is 15.9 Å². The molecular formula is C22H22N2O4S. The van der Waals surface area contributed by atoms with Gasteiger partial charge in [0.25, 0.3) is 0 Å². The third-order valence-electron chi connectivity index (χ3n) is 4.89. The molecule has 0 spiro atoms. The molecule has 1 aliphatic carbocycles. The summed E-state index contributed by atoms with van der Waals surface area (Å²) in [5.74, 6) is 0.158. The summed E-state index contributed by atoms with van der Waals surface area (Å²) in [6, 6.07) is 18.2. The van der Waals surface area contributed by atoms with Gasteiger partial charge in [0.15, 0.2) is 0 Å². The van der Waals surface area contributed by atoms with E-state index in [-0.39, 0.29) is 23.3 Å². The minimum atomic E-state index is -3.62. The lowest BCUT2D eigenvalue weighted by Gasteiger charge is -2.13. The van der Waals surface area contributed by atoms with E-state index in [1.807, 2.05) is 42.5 Å². The summed E-state index contributed by atoms with van der Waals surface area (Å²) in [6.45, 7) is 0. The maximum atomic E-state index is 12.7. The lowest BCUT2D eigenvalue weighted by molar-refractivity contribution is -0.115. The maximum absolute atomic E-state index is 12.7. The number of carbonyl (C=O) groups excluding carboxylic acids is 1. The zero-order chi connectivity index (χ0) is 20.4. The molecule has 0 bridgehead atoms. The third-order valence-corrected chi connectivity index (χ3v) is 6.40. The molecule has 7 heteroatoms. The average molecular weight is 410 g/mol. The van der Waals surface area contributed by atoms with E-state index in [9.17, 15) is 13.2 Å². The number of ether oxygens (including phenoxy) is 1. The highest BCUT2D eigenvalue weighted by Crippen LogP contribution is 2.29. The fourth-order valence-electron chi connectivity index (χ4n) is 3.25. The molecule has 3 aromatic carbocycles. The first-order valence-corrected chi connectivity index (χ1v) is 10.9. The Morgan fingerprint density at radius 3 is 2.59 bits per heavy atom. The molecule has 29 heavy (non-hydrogen) atoms. The van der Waals surface area contributed by atoms with E-state index < -0.39 is 10.0 Å². The van der Waals surface area contributed by atoms with Gasteiger partial charge in [-0.3, -0.25) is 4.79 Å². The highest BCUT2D eigenvalue weighted by atomic mass is 32.2. The Morgan fingerprint density at radius 2 is 1.83 bits per heavy atom. The molecule has 0 radical (unpaired) electrons. The number of hydrogen-bond acceptors (Lipinski definition) is 4. The van der Waals surface area contributed by atoms with Crippen molar-refractivity contribution in [3.8, 4) is 5.75 Å². The highest BCUT2D eigenvalue weighted by molar-refractivity contribution is 7.89. The fourth-order valence-corrected chi connectivity index (χ4v) is 4.59. The number of methoxy groups -OCH3 is 1. The topological polar surface area (TPSA) is 84.5 Å². The summed E-state index contributed by atoms with van der Waals surface area (Å²) in [5.41, 5.74) is 1.23. The molecule has 1 aliphatic rings. The van der Waals surface area contributed by atoms with Crippen molar-refractivity contribution in [1.82, 2.24) is 4.72 Å². The summed E-state index contributed by atoms with van der Waals surface area (Å²) >= 11 is 0. The molecule has 0 heterocycles. The zero-order valence-corrected chi connectivity index (χ0v) is 16.8. The maximum Gasteiger partial charge on any atom is 0.240 e. The molecule has 6 nitrogen and oxygen atoms in total. The van der Waals surface area contributed by atoms with Crippen LogP contribution in [0.5, 0.6) is 5.75 Å². The lowest BCUT2D eigenvalue weighted by Crippen LogP contribution is -2.26. The Kier molecular flexibility index (Phi) is 5.25. The monoisotopic (exact) mass is 410 g/mol. The summed E-state index contributed by atoms with van der Waals surface area (Å²) < 4.78 is 32.9. The summed E-state index contributed by atoms with van der Waals surface area (Å²) in [5, 5.41) is 4.88. The summed E-state index contributed by atoms with van der Waals surface area (Å²) in [4.78, 5) is 12.8. The van der Waals surface area contributed by atoms with Crippen molar-refractivity contribution in [3.05, 3.63) is 66.2 Å². The van der Waals surface area contributed by atoms with E-state index >= 15 is 0 Å². The summed E-state index contributed by atoms with van der Waals surface area (Å²) in [7, 11) is -2.15. The average Bonchev–Trinajstić information content (AvgIpc) is 3.51. The molecule has 3 aromatic rings. The number of carbonyl (C=O) groups is 1. The quantitative estimate of drug-likeness (QED) is 0.625. The van der Waals surface area contributed by atoms with Crippen molar-refractivity contribution < 1.29 is 17.9 Å². The largest absolute Gasteiger partial charge is 0.495 e. The molecule has 0 atom stereocenters. The fraction of sp³-hybridized carbons (Fsp3) is 0.227. The van der Waals surface area contributed by atoms with Gasteiger partial charge in [-0.25, -0.2) is 13.1 Å². The predicted octanol–water partition coefficient (Wildman–Crippen LogP) is 3.47. The van der Waals surface area contributed by atoms with Crippen LogP contribution in [0.25, 0.3) is 10.8 Å². The number of anilines is 1. The molecule has 2 N–H and O–H groups in total. The molecule has 0 unspecified atom stereocenters. The van der Waals surface area contributed by atoms with Crippen molar-refractivity contribution in [3.63, 3.8) is 0 Å². The molecule has 0 saturated heterocycles. The van der Waals surface area contributed by atoms with Gasteiger partial charge in [-0.05, 0) is 47.4 Å². The number of sulfonamides is 1. The van der Waals surface area contributed by atoms with Crippen molar-refractivity contribution in [2.24, 2.45) is 0 Å². The second-order valence-electron chi connectivity index (χ2n) is 7.12. The number of hydrogen-bond donors (Lipinski definition) is 2. The van der Waals surface area contributed by atoms with Gasteiger partial charge < -0.3 is 10.1 Å². The van der Waals surface area contributed by atoms with Gasteiger partial charge in [0.1, 0.15) is 5.75 Å². The zero-order valence-electron chi connectivity index (χ0n) is 16.0. The van der Waals surface area contributed by atoms with Gasteiger partial charge in [0, 0.05) is 6.04 Å². The van der Waals surface area contributed by atoms with E-state index in [4.69, 9.17) is 4.74 Å². The van der Waals surface area contributed by atoms with Gasteiger partial charge in [0.05, 0.1) is 24.1 Å². The van der Waals surface area contributed by atoms with Crippen LogP contribution in [0, 0.1) is 0 Å². The van der Waals surface area contributed by atoms with E-state index in [1.54, 1.807) is 6.07 Å². The Bertz CT molecular complexity index is 1170. The van der Waals surface area contributed by atoms with Crippen LogP contribution < -0.4 is 14.8 Å². The van der Waals surface area contributed by atoms with Crippen LogP contribution in [0.2, 0.25) is 0 Å². The van der Waals surface area contributed by atoms with Gasteiger partial charge in [-0.15, -0.1) is 0 Å².